The molecule has 1 aliphatic carbocycles. The van der Waals surface area contributed by atoms with Gasteiger partial charge in [0.1, 0.15) is 12.1 Å². The molecule has 0 unspecified atom stereocenters. The summed E-state index contributed by atoms with van der Waals surface area (Å²) in [5.41, 5.74) is 10.6. The molecule has 0 saturated heterocycles. The monoisotopic (exact) mass is 536 g/mol. The second-order valence-corrected chi connectivity index (χ2v) is 9.28. The SMILES string of the molecule is Cc1ccc(NC(=S)NN=C2CCc3cc(-c4ncn(-c5ccc(OC(F)(F)F)cc5)n4)ccc32)c(C)c1. The predicted octanol–water partition coefficient (Wildman–Crippen LogP) is 6.09. The van der Waals surface area contributed by atoms with E-state index in [1.54, 1.807) is 0 Å². The largest absolute Gasteiger partial charge is 0.573 e. The van der Waals surface area contributed by atoms with E-state index >= 15 is 0 Å². The molecule has 1 aromatic heterocycles. The molecule has 38 heavy (non-hydrogen) atoms. The van der Waals surface area contributed by atoms with Gasteiger partial charge in [-0.05, 0) is 86.4 Å². The van der Waals surface area contributed by atoms with Gasteiger partial charge in [0.05, 0.1) is 11.4 Å². The number of halogens is 3. The highest BCUT2D eigenvalue weighted by molar-refractivity contribution is 7.80. The van der Waals surface area contributed by atoms with Gasteiger partial charge in [0, 0.05) is 16.8 Å². The van der Waals surface area contributed by atoms with Crippen LogP contribution < -0.4 is 15.5 Å². The Morgan fingerprint density at radius 2 is 1.82 bits per heavy atom. The molecule has 3 aromatic carbocycles. The molecule has 5 rings (SSSR count). The van der Waals surface area contributed by atoms with Crippen molar-refractivity contribution in [1.82, 2.24) is 20.2 Å². The Morgan fingerprint density at radius 1 is 1.03 bits per heavy atom. The average Bonchev–Trinajstić information content (AvgIpc) is 3.51. The van der Waals surface area contributed by atoms with E-state index in [1.165, 1.54) is 40.8 Å². The fraction of sp³-hybridized carbons (Fsp3) is 0.185. The topological polar surface area (TPSA) is 76.4 Å². The molecule has 0 bridgehead atoms. The molecule has 194 valence electrons. The summed E-state index contributed by atoms with van der Waals surface area (Å²) in [6.45, 7) is 4.07. The van der Waals surface area contributed by atoms with Gasteiger partial charge in [-0.25, -0.2) is 9.67 Å². The van der Waals surface area contributed by atoms with Crippen molar-refractivity contribution in [3.05, 3.63) is 89.2 Å². The fourth-order valence-corrected chi connectivity index (χ4v) is 4.42. The first kappa shape index (κ1) is 25.4. The summed E-state index contributed by atoms with van der Waals surface area (Å²) in [5.74, 6) is 0.208. The molecule has 0 spiro atoms. The molecule has 4 aromatic rings. The highest BCUT2D eigenvalue weighted by atomic mass is 32.1. The van der Waals surface area contributed by atoms with Gasteiger partial charge in [0.15, 0.2) is 10.9 Å². The molecule has 0 aliphatic heterocycles. The number of hydrazone groups is 1. The summed E-state index contributed by atoms with van der Waals surface area (Å²) in [5, 5.41) is 12.6. The molecule has 7 nitrogen and oxygen atoms in total. The van der Waals surface area contributed by atoms with Gasteiger partial charge in [-0.15, -0.1) is 18.3 Å². The number of aryl methyl sites for hydroxylation is 3. The van der Waals surface area contributed by atoms with Crippen molar-refractivity contribution in [1.29, 1.82) is 0 Å². The first-order valence-electron chi connectivity index (χ1n) is 11.8. The Morgan fingerprint density at radius 3 is 2.55 bits per heavy atom. The smallest absolute Gasteiger partial charge is 0.406 e. The Kier molecular flexibility index (Phi) is 6.85. The Balaban J connectivity index is 1.26. The molecule has 11 heteroatoms. The van der Waals surface area contributed by atoms with Crippen LogP contribution in [0, 0.1) is 13.8 Å². The highest BCUT2D eigenvalue weighted by Crippen LogP contribution is 2.28. The van der Waals surface area contributed by atoms with Crippen molar-refractivity contribution < 1.29 is 17.9 Å². The lowest BCUT2D eigenvalue weighted by atomic mass is 10.1. The number of hydrogen-bond donors (Lipinski definition) is 2. The number of nitrogens with zero attached hydrogens (tertiary/aromatic N) is 4. The third kappa shape index (κ3) is 5.83. The van der Waals surface area contributed by atoms with E-state index in [4.69, 9.17) is 12.2 Å². The lowest BCUT2D eigenvalue weighted by Gasteiger charge is -2.11. The van der Waals surface area contributed by atoms with Crippen molar-refractivity contribution in [3.8, 4) is 22.8 Å². The number of hydrogen-bond acceptors (Lipinski definition) is 5. The molecular weight excluding hydrogens is 513 g/mol. The van der Waals surface area contributed by atoms with E-state index in [9.17, 15) is 13.2 Å². The van der Waals surface area contributed by atoms with E-state index in [2.05, 4.69) is 36.7 Å². The molecule has 2 N–H and O–H groups in total. The van der Waals surface area contributed by atoms with Gasteiger partial charge in [0.25, 0.3) is 0 Å². The maximum absolute atomic E-state index is 12.4. The van der Waals surface area contributed by atoms with Crippen molar-refractivity contribution in [2.24, 2.45) is 5.10 Å². The lowest BCUT2D eigenvalue weighted by molar-refractivity contribution is -0.274. The van der Waals surface area contributed by atoms with E-state index in [0.29, 0.717) is 16.6 Å². The van der Waals surface area contributed by atoms with Crippen molar-refractivity contribution in [3.63, 3.8) is 0 Å². The zero-order valence-electron chi connectivity index (χ0n) is 20.5. The van der Waals surface area contributed by atoms with Crippen LogP contribution in [0.3, 0.4) is 0 Å². The molecule has 0 saturated carbocycles. The molecule has 1 aliphatic rings. The highest BCUT2D eigenvalue weighted by Gasteiger charge is 2.31. The molecule has 0 radical (unpaired) electrons. The minimum absolute atomic E-state index is 0.297. The zero-order chi connectivity index (χ0) is 26.9. The van der Waals surface area contributed by atoms with Gasteiger partial charge in [-0.1, -0.05) is 29.8 Å². The summed E-state index contributed by atoms with van der Waals surface area (Å²) >= 11 is 5.41. The van der Waals surface area contributed by atoms with Crippen LogP contribution in [0.5, 0.6) is 5.75 Å². The fourth-order valence-electron chi connectivity index (χ4n) is 4.27. The van der Waals surface area contributed by atoms with Crippen LogP contribution in [0.1, 0.15) is 28.7 Å². The second kappa shape index (κ2) is 10.3. The van der Waals surface area contributed by atoms with Crippen LogP contribution in [0.2, 0.25) is 0 Å². The number of fused-ring (bicyclic) bond motifs is 1. The summed E-state index contributed by atoms with van der Waals surface area (Å²) < 4.78 is 42.6. The van der Waals surface area contributed by atoms with Crippen LogP contribution in [0.15, 0.2) is 72.1 Å². The minimum atomic E-state index is -4.74. The van der Waals surface area contributed by atoms with Crippen LogP contribution in [-0.2, 0) is 6.42 Å². The number of aromatic nitrogens is 3. The summed E-state index contributed by atoms with van der Waals surface area (Å²) in [6, 6.07) is 17.5. The van der Waals surface area contributed by atoms with Gasteiger partial charge in [-0.2, -0.15) is 5.10 Å². The van der Waals surface area contributed by atoms with Crippen molar-refractivity contribution >= 4 is 28.7 Å². The normalized spacial score (nSPS) is 13.9. The number of ether oxygens (including phenoxy) is 1. The summed E-state index contributed by atoms with van der Waals surface area (Å²) in [4.78, 5) is 4.37. The summed E-state index contributed by atoms with van der Waals surface area (Å²) in [6.07, 6.45) is -1.63. The molecular formula is C27H23F3N6OS. The quantitative estimate of drug-likeness (QED) is 0.238. The average molecular weight is 537 g/mol. The van der Waals surface area contributed by atoms with Gasteiger partial charge >= 0.3 is 6.36 Å². The van der Waals surface area contributed by atoms with E-state index in [0.717, 1.165) is 46.5 Å². The Bertz CT molecular complexity index is 1530. The zero-order valence-corrected chi connectivity index (χ0v) is 21.3. The Labute approximate surface area is 222 Å². The maximum atomic E-state index is 12.4. The molecule has 0 atom stereocenters. The van der Waals surface area contributed by atoms with Gasteiger partial charge in [-0.3, -0.25) is 5.43 Å². The third-order valence-electron chi connectivity index (χ3n) is 6.05. The van der Waals surface area contributed by atoms with E-state index in [1.807, 2.05) is 44.2 Å². The van der Waals surface area contributed by atoms with E-state index < -0.39 is 6.36 Å². The third-order valence-corrected chi connectivity index (χ3v) is 6.25. The number of thiocarbonyl (C=S) groups is 1. The number of benzene rings is 3. The lowest BCUT2D eigenvalue weighted by Crippen LogP contribution is -2.25. The van der Waals surface area contributed by atoms with E-state index in [-0.39, 0.29) is 5.75 Å². The number of rotatable bonds is 5. The van der Waals surface area contributed by atoms with Crippen LogP contribution in [0.25, 0.3) is 17.1 Å². The van der Waals surface area contributed by atoms with Crippen LogP contribution >= 0.6 is 12.2 Å². The molecule has 0 fully saturated rings. The van der Waals surface area contributed by atoms with Crippen molar-refractivity contribution in [2.45, 2.75) is 33.1 Å². The maximum Gasteiger partial charge on any atom is 0.573 e. The molecule has 1 heterocycles. The second-order valence-electron chi connectivity index (χ2n) is 8.87. The van der Waals surface area contributed by atoms with Crippen LogP contribution in [-0.4, -0.2) is 32.0 Å². The van der Waals surface area contributed by atoms with Crippen LogP contribution in [0.4, 0.5) is 18.9 Å². The minimum Gasteiger partial charge on any atom is -0.406 e. The van der Waals surface area contributed by atoms with Crippen molar-refractivity contribution in [2.75, 3.05) is 5.32 Å². The summed E-state index contributed by atoms with van der Waals surface area (Å²) in [7, 11) is 0. The number of alkyl halides is 3. The number of anilines is 1. The standard InChI is InChI=1S/C27H23F3N6OS/c1-16-3-11-23(17(2)13-16)32-26(38)34-33-24-12-5-18-14-19(4-10-22(18)24)25-31-15-36(35-25)20-6-8-21(9-7-20)37-27(28,29)30/h3-4,6-11,13-15H,5,12H2,1-2H3,(H2,32,34,38). The molecule has 0 amide bonds. The number of nitrogens with one attached hydrogen (secondary N) is 2. The predicted molar refractivity (Wildman–Crippen MR) is 144 cm³/mol. The first-order chi connectivity index (χ1) is 18.1. The van der Waals surface area contributed by atoms with Gasteiger partial charge in [0.2, 0.25) is 0 Å². The first-order valence-corrected chi connectivity index (χ1v) is 12.2. The Hall–Kier alpha value is -4.25. The van der Waals surface area contributed by atoms with Gasteiger partial charge < -0.3 is 10.1 Å².